The zero-order valence-electron chi connectivity index (χ0n) is 16.4. The third-order valence-corrected chi connectivity index (χ3v) is 6.80. The van der Waals surface area contributed by atoms with E-state index >= 15 is 0 Å². The van der Waals surface area contributed by atoms with Gasteiger partial charge in [0.1, 0.15) is 11.5 Å². The number of fused-ring (bicyclic) bond motifs is 2. The van der Waals surface area contributed by atoms with Crippen molar-refractivity contribution in [1.29, 1.82) is 0 Å². The van der Waals surface area contributed by atoms with Gasteiger partial charge < -0.3 is 20.1 Å². The summed E-state index contributed by atoms with van der Waals surface area (Å²) in [5.41, 5.74) is 8.54. The molecule has 2 N–H and O–H groups in total. The van der Waals surface area contributed by atoms with E-state index in [9.17, 15) is 0 Å². The highest BCUT2D eigenvalue weighted by Gasteiger charge is 2.50. The predicted molar refractivity (Wildman–Crippen MR) is 123 cm³/mol. The number of methoxy groups -OCH3 is 2. The molecule has 3 fully saturated rings. The fourth-order valence-electron chi connectivity index (χ4n) is 4.35. The molecule has 2 saturated heterocycles. The standard InChI is InChI=1S/C21H20Cl2N4O2.ClH/c1-28-15-7-16(29-2)19(23)17(18(15)22)10-3-4-13-11(5-10)8-25-21(26-13)27-9-12-6-14(27)20(12)24;/h3-5,7-8,12,14,20H,6,9,24H2,1-2H3;1H. The minimum atomic E-state index is 0. The van der Waals surface area contributed by atoms with Crippen LogP contribution < -0.4 is 20.1 Å². The Hall–Kier alpha value is -1.99. The number of rotatable bonds is 4. The summed E-state index contributed by atoms with van der Waals surface area (Å²) in [6.07, 6.45) is 2.97. The molecule has 3 heterocycles. The van der Waals surface area contributed by atoms with Crippen molar-refractivity contribution in [2.45, 2.75) is 18.5 Å². The van der Waals surface area contributed by atoms with Gasteiger partial charge in [0.15, 0.2) is 0 Å². The molecule has 3 atom stereocenters. The third-order valence-electron chi connectivity index (χ3n) is 6.05. The molecule has 1 aromatic heterocycles. The Morgan fingerprint density at radius 2 is 1.80 bits per heavy atom. The van der Waals surface area contributed by atoms with E-state index in [4.69, 9.17) is 43.4 Å². The van der Waals surface area contributed by atoms with Gasteiger partial charge in [0.25, 0.3) is 0 Å². The van der Waals surface area contributed by atoms with Gasteiger partial charge in [-0.15, -0.1) is 12.4 Å². The summed E-state index contributed by atoms with van der Waals surface area (Å²) in [6, 6.07) is 8.15. The number of hydrogen-bond acceptors (Lipinski definition) is 6. The van der Waals surface area contributed by atoms with Crippen molar-refractivity contribution in [2.75, 3.05) is 25.7 Å². The van der Waals surface area contributed by atoms with Crippen molar-refractivity contribution in [3.05, 3.63) is 40.5 Å². The zero-order valence-corrected chi connectivity index (χ0v) is 18.8. The van der Waals surface area contributed by atoms with E-state index < -0.39 is 0 Å². The quantitative estimate of drug-likeness (QED) is 0.605. The second kappa shape index (κ2) is 7.93. The van der Waals surface area contributed by atoms with Crippen LogP contribution in [0, 0.1) is 5.92 Å². The second-order valence-electron chi connectivity index (χ2n) is 7.52. The van der Waals surface area contributed by atoms with Crippen molar-refractivity contribution in [2.24, 2.45) is 11.7 Å². The maximum Gasteiger partial charge on any atom is 0.226 e. The summed E-state index contributed by atoms with van der Waals surface area (Å²) in [5, 5.41) is 1.76. The molecule has 1 aliphatic carbocycles. The zero-order chi connectivity index (χ0) is 20.3. The Morgan fingerprint density at radius 3 is 2.37 bits per heavy atom. The number of nitrogens with two attached hydrogens (primary N) is 1. The van der Waals surface area contributed by atoms with Gasteiger partial charge in [0, 0.05) is 41.8 Å². The first-order valence-electron chi connectivity index (χ1n) is 9.41. The van der Waals surface area contributed by atoms with E-state index in [2.05, 4.69) is 9.88 Å². The maximum atomic E-state index is 6.56. The van der Waals surface area contributed by atoms with Gasteiger partial charge in [-0.2, -0.15) is 0 Å². The molecule has 0 amide bonds. The summed E-state index contributed by atoms with van der Waals surface area (Å²) in [4.78, 5) is 11.6. The van der Waals surface area contributed by atoms with Gasteiger partial charge in [0.2, 0.25) is 5.95 Å². The van der Waals surface area contributed by atoms with Crippen molar-refractivity contribution >= 4 is 52.5 Å². The fraction of sp³-hybridized carbons (Fsp3) is 0.333. The van der Waals surface area contributed by atoms with Gasteiger partial charge in [-0.1, -0.05) is 29.3 Å². The lowest BCUT2D eigenvalue weighted by Crippen LogP contribution is -2.49. The molecule has 158 valence electrons. The van der Waals surface area contributed by atoms with E-state index in [0.29, 0.717) is 39.1 Å². The normalized spacial score (nSPS) is 21.9. The van der Waals surface area contributed by atoms with Gasteiger partial charge in [0.05, 0.1) is 29.8 Å². The highest BCUT2D eigenvalue weighted by molar-refractivity contribution is 6.41. The minimum absolute atomic E-state index is 0. The number of halogens is 3. The predicted octanol–water partition coefficient (Wildman–Crippen LogP) is 4.58. The first-order chi connectivity index (χ1) is 14.0. The Labute approximate surface area is 190 Å². The Kier molecular flexibility index (Phi) is 5.62. The number of ether oxygens (including phenoxy) is 2. The van der Waals surface area contributed by atoms with E-state index in [1.165, 1.54) is 0 Å². The summed E-state index contributed by atoms with van der Waals surface area (Å²) >= 11 is 13.1. The molecule has 3 aromatic rings. The van der Waals surface area contributed by atoms with Crippen molar-refractivity contribution in [3.8, 4) is 22.6 Å². The van der Waals surface area contributed by atoms with Crippen LogP contribution in [0.3, 0.4) is 0 Å². The molecule has 3 aliphatic rings. The van der Waals surface area contributed by atoms with Gasteiger partial charge in [-0.05, 0) is 30.0 Å². The Bertz CT molecular complexity index is 1100. The molecular weight excluding hydrogens is 447 g/mol. The summed E-state index contributed by atoms with van der Waals surface area (Å²) in [5.74, 6) is 2.30. The lowest BCUT2D eigenvalue weighted by molar-refractivity contribution is 0.311. The smallest absolute Gasteiger partial charge is 0.226 e. The van der Waals surface area contributed by atoms with Crippen LogP contribution in [-0.4, -0.2) is 42.8 Å². The molecule has 0 spiro atoms. The average Bonchev–Trinajstić information content (AvgIpc) is 3.33. The van der Waals surface area contributed by atoms with Crippen molar-refractivity contribution in [1.82, 2.24) is 9.97 Å². The number of nitrogens with zero attached hydrogens (tertiary/aromatic N) is 3. The van der Waals surface area contributed by atoms with Gasteiger partial charge in [-0.25, -0.2) is 9.97 Å². The first-order valence-corrected chi connectivity index (χ1v) is 10.2. The molecule has 1 saturated carbocycles. The average molecular weight is 468 g/mol. The largest absolute Gasteiger partial charge is 0.495 e. The van der Waals surface area contributed by atoms with Gasteiger partial charge in [-0.3, -0.25) is 0 Å². The SMILES string of the molecule is COc1cc(OC)c(Cl)c(-c2ccc3nc(N4CC5CC4C5N)ncc3c2)c1Cl.Cl. The van der Waals surface area contributed by atoms with Crippen LogP contribution in [0.25, 0.3) is 22.0 Å². The van der Waals surface area contributed by atoms with E-state index in [0.717, 1.165) is 35.4 Å². The molecular formula is C21H21Cl3N4O2. The highest BCUT2D eigenvalue weighted by atomic mass is 35.5. The highest BCUT2D eigenvalue weighted by Crippen LogP contribution is 2.46. The second-order valence-corrected chi connectivity index (χ2v) is 8.28. The Morgan fingerprint density at radius 1 is 1.10 bits per heavy atom. The minimum Gasteiger partial charge on any atom is -0.495 e. The fourth-order valence-corrected chi connectivity index (χ4v) is 5.07. The van der Waals surface area contributed by atoms with Crippen LogP contribution >= 0.6 is 35.6 Å². The molecule has 0 radical (unpaired) electrons. The van der Waals surface area contributed by atoms with Crippen LogP contribution in [0.4, 0.5) is 5.95 Å². The molecule has 6 nitrogen and oxygen atoms in total. The molecule has 2 aromatic carbocycles. The molecule has 6 rings (SSSR count). The number of benzene rings is 2. The number of anilines is 1. The lowest BCUT2D eigenvalue weighted by Gasteiger charge is -2.33. The molecule has 9 heteroatoms. The molecule has 2 aliphatic heterocycles. The Balaban J connectivity index is 0.00000218. The van der Waals surface area contributed by atoms with Crippen molar-refractivity contribution in [3.63, 3.8) is 0 Å². The summed E-state index contributed by atoms with van der Waals surface area (Å²) < 4.78 is 10.8. The molecule has 30 heavy (non-hydrogen) atoms. The number of hydrogen-bond donors (Lipinski definition) is 1. The number of aromatic nitrogens is 2. The third kappa shape index (κ3) is 3.14. The summed E-state index contributed by atoms with van der Waals surface area (Å²) in [6.45, 7) is 0.935. The molecule has 3 unspecified atom stereocenters. The topological polar surface area (TPSA) is 73.5 Å². The van der Waals surface area contributed by atoms with Crippen LogP contribution in [0.1, 0.15) is 6.42 Å². The summed E-state index contributed by atoms with van der Waals surface area (Å²) in [7, 11) is 3.12. The van der Waals surface area contributed by atoms with Gasteiger partial charge >= 0.3 is 0 Å². The molecule has 2 bridgehead atoms. The van der Waals surface area contributed by atoms with E-state index in [1.807, 2.05) is 24.4 Å². The van der Waals surface area contributed by atoms with Crippen LogP contribution in [0.15, 0.2) is 30.5 Å². The van der Waals surface area contributed by atoms with Crippen LogP contribution in [0.5, 0.6) is 11.5 Å². The van der Waals surface area contributed by atoms with E-state index in [1.54, 1.807) is 20.3 Å². The van der Waals surface area contributed by atoms with E-state index in [-0.39, 0.29) is 18.4 Å². The van der Waals surface area contributed by atoms with Crippen LogP contribution in [0.2, 0.25) is 10.0 Å². The van der Waals surface area contributed by atoms with Crippen LogP contribution in [-0.2, 0) is 0 Å². The van der Waals surface area contributed by atoms with Crippen molar-refractivity contribution < 1.29 is 9.47 Å². The lowest BCUT2D eigenvalue weighted by atomic mass is 9.81. The maximum absolute atomic E-state index is 6.56. The first kappa shape index (κ1) is 21.2. The monoisotopic (exact) mass is 466 g/mol.